The monoisotopic (exact) mass is 347 g/mol. The molecule has 1 saturated heterocycles. The molecule has 3 N–H and O–H groups in total. The van der Waals surface area contributed by atoms with Gasteiger partial charge in [-0.2, -0.15) is 4.98 Å². The van der Waals surface area contributed by atoms with Crippen molar-refractivity contribution in [3.05, 3.63) is 11.8 Å². The van der Waals surface area contributed by atoms with Gasteiger partial charge in [-0.3, -0.25) is 4.79 Å². The van der Waals surface area contributed by atoms with Gasteiger partial charge < -0.3 is 20.6 Å². The van der Waals surface area contributed by atoms with Crippen LogP contribution in [0.2, 0.25) is 0 Å². The van der Waals surface area contributed by atoms with E-state index in [1.165, 1.54) is 0 Å². The quantitative estimate of drug-likeness (QED) is 0.653. The summed E-state index contributed by atoms with van der Waals surface area (Å²) >= 11 is 0. The average molecular weight is 347 g/mol. The lowest BCUT2D eigenvalue weighted by Gasteiger charge is -2.26. The number of nitrogens with zero attached hydrogens (tertiary/aromatic N) is 3. The van der Waals surface area contributed by atoms with Gasteiger partial charge in [-0.05, 0) is 45.4 Å². The van der Waals surface area contributed by atoms with Crippen molar-refractivity contribution in [1.29, 1.82) is 0 Å². The number of amides is 1. The molecule has 2 heterocycles. The minimum atomic E-state index is -0.156. The molecular formula is C18H29N5O2. The fourth-order valence-corrected chi connectivity index (χ4v) is 3.51. The fourth-order valence-electron chi connectivity index (χ4n) is 3.51. The molecule has 1 aromatic heterocycles. The summed E-state index contributed by atoms with van der Waals surface area (Å²) in [5.74, 6) is 1.77. The maximum atomic E-state index is 11.6. The van der Waals surface area contributed by atoms with Crippen LogP contribution in [0.25, 0.3) is 0 Å². The third-order valence-electron chi connectivity index (χ3n) is 5.07. The van der Waals surface area contributed by atoms with E-state index in [2.05, 4.69) is 20.6 Å². The molecule has 1 amide bonds. The van der Waals surface area contributed by atoms with Crippen LogP contribution < -0.4 is 10.6 Å². The number of aliphatic hydroxyl groups excluding tert-OH is 1. The summed E-state index contributed by atoms with van der Waals surface area (Å²) in [6.07, 6.45) is 7.86. The molecule has 3 rings (SSSR count). The van der Waals surface area contributed by atoms with E-state index in [4.69, 9.17) is 0 Å². The molecule has 1 aliphatic heterocycles. The Kier molecular flexibility index (Phi) is 6.07. The number of carbonyl (C=O) groups is 1. The van der Waals surface area contributed by atoms with Crippen molar-refractivity contribution in [2.75, 3.05) is 30.3 Å². The Morgan fingerprint density at radius 3 is 2.84 bits per heavy atom. The maximum Gasteiger partial charge on any atom is 0.224 e. The van der Waals surface area contributed by atoms with Crippen molar-refractivity contribution in [1.82, 2.24) is 14.9 Å². The molecule has 0 radical (unpaired) electrons. The summed E-state index contributed by atoms with van der Waals surface area (Å²) in [7, 11) is 0. The lowest BCUT2D eigenvalue weighted by Crippen LogP contribution is -2.29. The molecule has 1 aromatic rings. The smallest absolute Gasteiger partial charge is 0.224 e. The number of anilines is 2. The minimum absolute atomic E-state index is 0.156. The number of aryl methyl sites for hydroxylation is 1. The van der Waals surface area contributed by atoms with E-state index in [0.29, 0.717) is 18.4 Å². The van der Waals surface area contributed by atoms with E-state index in [0.717, 1.165) is 69.5 Å². The molecule has 7 heteroatoms. The Morgan fingerprint density at radius 1 is 1.32 bits per heavy atom. The molecule has 0 spiro atoms. The molecule has 2 fully saturated rings. The maximum absolute atomic E-state index is 11.6. The van der Waals surface area contributed by atoms with Crippen LogP contribution in [-0.4, -0.2) is 57.7 Å². The number of rotatable bonds is 7. The summed E-state index contributed by atoms with van der Waals surface area (Å²) in [6.45, 7) is 4.49. The van der Waals surface area contributed by atoms with E-state index in [9.17, 15) is 9.90 Å². The predicted octanol–water partition coefficient (Wildman–Crippen LogP) is 1.92. The molecule has 25 heavy (non-hydrogen) atoms. The van der Waals surface area contributed by atoms with Crippen LogP contribution in [0.4, 0.5) is 11.8 Å². The number of aromatic nitrogens is 2. The predicted molar refractivity (Wildman–Crippen MR) is 97.6 cm³/mol. The Balaban J connectivity index is 1.46. The average Bonchev–Trinajstić information content (AvgIpc) is 3.01. The zero-order valence-electron chi connectivity index (χ0n) is 15.0. The first-order valence-corrected chi connectivity index (χ1v) is 9.41. The van der Waals surface area contributed by atoms with Gasteiger partial charge in [-0.1, -0.05) is 0 Å². The van der Waals surface area contributed by atoms with E-state index >= 15 is 0 Å². The summed E-state index contributed by atoms with van der Waals surface area (Å²) in [5.41, 5.74) is 1.02. The van der Waals surface area contributed by atoms with Crippen LogP contribution in [0.3, 0.4) is 0 Å². The second kappa shape index (κ2) is 8.47. The number of hydrogen-bond donors (Lipinski definition) is 3. The largest absolute Gasteiger partial charge is 0.393 e. The second-order valence-corrected chi connectivity index (χ2v) is 7.14. The second-order valence-electron chi connectivity index (χ2n) is 7.14. The minimum Gasteiger partial charge on any atom is -0.393 e. The van der Waals surface area contributed by atoms with Gasteiger partial charge in [0.15, 0.2) is 0 Å². The van der Waals surface area contributed by atoms with E-state index in [1.807, 2.05) is 18.0 Å². The van der Waals surface area contributed by atoms with Crippen molar-refractivity contribution in [2.45, 2.75) is 64.0 Å². The third-order valence-corrected chi connectivity index (χ3v) is 5.07. The molecule has 0 bridgehead atoms. The lowest BCUT2D eigenvalue weighted by molar-refractivity contribution is -0.127. The van der Waals surface area contributed by atoms with Gasteiger partial charge in [0.25, 0.3) is 0 Å². The van der Waals surface area contributed by atoms with Crippen LogP contribution in [0.1, 0.15) is 50.5 Å². The van der Waals surface area contributed by atoms with Crippen LogP contribution in [0.15, 0.2) is 6.20 Å². The number of likely N-dealkylation sites (tertiary alicyclic amines) is 1. The molecular weight excluding hydrogens is 318 g/mol. The van der Waals surface area contributed by atoms with Gasteiger partial charge >= 0.3 is 0 Å². The van der Waals surface area contributed by atoms with Crippen LogP contribution in [0.5, 0.6) is 0 Å². The van der Waals surface area contributed by atoms with Gasteiger partial charge in [0.05, 0.1) is 6.10 Å². The molecule has 1 saturated carbocycles. The van der Waals surface area contributed by atoms with Crippen molar-refractivity contribution >= 4 is 17.7 Å². The van der Waals surface area contributed by atoms with Crippen molar-refractivity contribution < 1.29 is 9.90 Å². The van der Waals surface area contributed by atoms with E-state index in [1.54, 1.807) is 0 Å². The van der Waals surface area contributed by atoms with Gasteiger partial charge in [-0.25, -0.2) is 4.98 Å². The molecule has 138 valence electrons. The standard InChI is InChI=1S/C18H29N5O2/c1-13-12-20-18(21-14-5-7-15(24)8-6-14)22-17(13)19-9-3-11-23-10-2-4-16(23)25/h12,14-15,24H,2-11H2,1H3,(H2,19,20,21,22). The Labute approximate surface area is 149 Å². The molecule has 2 aliphatic rings. The zero-order valence-corrected chi connectivity index (χ0v) is 15.0. The van der Waals surface area contributed by atoms with Crippen LogP contribution >= 0.6 is 0 Å². The number of carbonyl (C=O) groups excluding carboxylic acids is 1. The highest BCUT2D eigenvalue weighted by atomic mass is 16.3. The summed E-state index contributed by atoms with van der Waals surface area (Å²) in [5, 5.41) is 16.3. The summed E-state index contributed by atoms with van der Waals surface area (Å²) < 4.78 is 0. The molecule has 0 aromatic carbocycles. The molecule has 0 atom stereocenters. The SMILES string of the molecule is Cc1cnc(NC2CCC(O)CC2)nc1NCCCN1CCCC1=O. The van der Waals surface area contributed by atoms with Gasteiger partial charge in [0, 0.05) is 43.9 Å². The van der Waals surface area contributed by atoms with Crippen molar-refractivity contribution in [3.63, 3.8) is 0 Å². The summed E-state index contributed by atoms with van der Waals surface area (Å²) in [6, 6.07) is 0.333. The van der Waals surface area contributed by atoms with E-state index in [-0.39, 0.29) is 12.0 Å². The van der Waals surface area contributed by atoms with Crippen molar-refractivity contribution in [3.8, 4) is 0 Å². The normalized spacial score (nSPS) is 23.8. The van der Waals surface area contributed by atoms with Gasteiger partial charge in [-0.15, -0.1) is 0 Å². The van der Waals surface area contributed by atoms with E-state index < -0.39 is 0 Å². The molecule has 1 aliphatic carbocycles. The zero-order chi connectivity index (χ0) is 17.6. The lowest BCUT2D eigenvalue weighted by atomic mass is 9.93. The highest BCUT2D eigenvalue weighted by Crippen LogP contribution is 2.22. The topological polar surface area (TPSA) is 90.4 Å². The first-order valence-electron chi connectivity index (χ1n) is 9.41. The number of hydrogen-bond acceptors (Lipinski definition) is 6. The van der Waals surface area contributed by atoms with Gasteiger partial charge in [0.2, 0.25) is 11.9 Å². The first-order chi connectivity index (χ1) is 12.1. The highest BCUT2D eigenvalue weighted by molar-refractivity contribution is 5.78. The highest BCUT2D eigenvalue weighted by Gasteiger charge is 2.20. The fraction of sp³-hybridized carbons (Fsp3) is 0.722. The van der Waals surface area contributed by atoms with Crippen LogP contribution in [-0.2, 0) is 4.79 Å². The Bertz CT molecular complexity index is 587. The number of nitrogens with one attached hydrogen (secondary N) is 2. The van der Waals surface area contributed by atoms with Gasteiger partial charge in [0.1, 0.15) is 5.82 Å². The number of aliphatic hydroxyl groups is 1. The van der Waals surface area contributed by atoms with Crippen LogP contribution in [0, 0.1) is 6.92 Å². The molecule has 0 unspecified atom stereocenters. The van der Waals surface area contributed by atoms with Crippen molar-refractivity contribution in [2.24, 2.45) is 0 Å². The molecule has 7 nitrogen and oxygen atoms in total. The first kappa shape index (κ1) is 17.9. The third kappa shape index (κ3) is 5.04. The Hall–Kier alpha value is -1.89. The Morgan fingerprint density at radius 2 is 2.12 bits per heavy atom. The summed E-state index contributed by atoms with van der Waals surface area (Å²) in [4.78, 5) is 22.5.